The number of carbonyl (C=O) groups excluding carboxylic acids is 1. The van der Waals surface area contributed by atoms with E-state index in [1.807, 2.05) is 25.1 Å². The fourth-order valence-electron chi connectivity index (χ4n) is 2.22. The molecule has 4 heteroatoms. The molecule has 1 aliphatic rings. The van der Waals surface area contributed by atoms with E-state index >= 15 is 0 Å². The largest absolute Gasteiger partial charge is 0.491 e. The van der Waals surface area contributed by atoms with Gasteiger partial charge in [0.25, 0.3) is 0 Å². The first-order valence-electron chi connectivity index (χ1n) is 7.76. The molecule has 0 aliphatic heterocycles. The van der Waals surface area contributed by atoms with Gasteiger partial charge >= 0.3 is 5.97 Å². The molecule has 4 nitrogen and oxygen atoms in total. The maximum Gasteiger partial charge on any atom is 0.326 e. The lowest BCUT2D eigenvalue weighted by molar-refractivity contribution is -0.146. The molecule has 0 saturated heterocycles. The van der Waals surface area contributed by atoms with Gasteiger partial charge in [-0.25, -0.2) is 0 Å². The van der Waals surface area contributed by atoms with Crippen LogP contribution in [0.15, 0.2) is 24.3 Å². The predicted octanol–water partition coefficient (Wildman–Crippen LogP) is 2.87. The van der Waals surface area contributed by atoms with Gasteiger partial charge in [0.2, 0.25) is 0 Å². The van der Waals surface area contributed by atoms with Crippen molar-refractivity contribution >= 4 is 5.97 Å². The summed E-state index contributed by atoms with van der Waals surface area (Å²) in [6.45, 7) is 6.78. The number of carbonyl (C=O) groups is 1. The highest BCUT2D eigenvalue weighted by molar-refractivity contribution is 5.76. The zero-order valence-corrected chi connectivity index (χ0v) is 13.1. The summed E-state index contributed by atoms with van der Waals surface area (Å²) in [6, 6.07) is 8.02. The summed E-state index contributed by atoms with van der Waals surface area (Å²) in [7, 11) is 0. The van der Waals surface area contributed by atoms with E-state index in [0.29, 0.717) is 25.2 Å². The Morgan fingerprint density at radius 3 is 2.67 bits per heavy atom. The summed E-state index contributed by atoms with van der Waals surface area (Å²) >= 11 is 0. The zero-order chi connectivity index (χ0) is 15.2. The molecule has 1 unspecified atom stereocenters. The molecule has 1 aromatic rings. The molecule has 0 radical (unpaired) electrons. The SMILES string of the molecule is CCOC(=O)C(COc1ccccc1C(C)C)NC1CC1. The molecular weight excluding hydrogens is 266 g/mol. The Morgan fingerprint density at radius 1 is 1.33 bits per heavy atom. The fraction of sp³-hybridized carbons (Fsp3) is 0.588. The minimum atomic E-state index is -0.391. The van der Waals surface area contributed by atoms with Crippen molar-refractivity contribution in [3.63, 3.8) is 0 Å². The van der Waals surface area contributed by atoms with Crippen molar-refractivity contribution in [3.8, 4) is 5.75 Å². The lowest BCUT2D eigenvalue weighted by Crippen LogP contribution is -2.43. The van der Waals surface area contributed by atoms with Crippen molar-refractivity contribution in [1.29, 1.82) is 0 Å². The second kappa shape index (κ2) is 7.46. The van der Waals surface area contributed by atoms with Crippen LogP contribution in [-0.2, 0) is 9.53 Å². The van der Waals surface area contributed by atoms with Gasteiger partial charge in [-0.1, -0.05) is 32.0 Å². The van der Waals surface area contributed by atoms with Crippen LogP contribution >= 0.6 is 0 Å². The number of hydrogen-bond donors (Lipinski definition) is 1. The van der Waals surface area contributed by atoms with Crippen LogP contribution in [0.5, 0.6) is 5.75 Å². The Morgan fingerprint density at radius 2 is 2.05 bits per heavy atom. The quantitative estimate of drug-likeness (QED) is 0.748. The molecule has 1 N–H and O–H groups in total. The van der Waals surface area contributed by atoms with Crippen LogP contribution in [0.3, 0.4) is 0 Å². The highest BCUT2D eigenvalue weighted by Crippen LogP contribution is 2.26. The van der Waals surface area contributed by atoms with Gasteiger partial charge in [-0.2, -0.15) is 0 Å². The number of nitrogens with one attached hydrogen (secondary N) is 1. The summed E-state index contributed by atoms with van der Waals surface area (Å²) < 4.78 is 11.0. The van der Waals surface area contributed by atoms with E-state index in [1.54, 1.807) is 0 Å². The number of rotatable bonds is 8. The standard InChI is InChI=1S/C17H25NO3/c1-4-20-17(19)15(18-13-9-10-13)11-21-16-8-6-5-7-14(16)12(2)3/h5-8,12-13,15,18H,4,9-11H2,1-3H3. The Hall–Kier alpha value is -1.55. The molecule has 1 aromatic carbocycles. The molecule has 0 heterocycles. The van der Waals surface area contributed by atoms with Crippen molar-refractivity contribution in [2.45, 2.75) is 51.6 Å². The molecule has 0 bridgehead atoms. The minimum Gasteiger partial charge on any atom is -0.491 e. The first-order chi connectivity index (χ1) is 10.1. The topological polar surface area (TPSA) is 47.6 Å². The van der Waals surface area contributed by atoms with Crippen molar-refractivity contribution in [3.05, 3.63) is 29.8 Å². The van der Waals surface area contributed by atoms with Crippen molar-refractivity contribution in [2.24, 2.45) is 0 Å². The van der Waals surface area contributed by atoms with Gasteiger partial charge in [0.1, 0.15) is 18.4 Å². The van der Waals surface area contributed by atoms with Gasteiger partial charge in [-0.05, 0) is 37.3 Å². The van der Waals surface area contributed by atoms with Gasteiger partial charge in [-0.15, -0.1) is 0 Å². The molecule has 0 amide bonds. The van der Waals surface area contributed by atoms with Crippen molar-refractivity contribution in [2.75, 3.05) is 13.2 Å². The van der Waals surface area contributed by atoms with Crippen LogP contribution in [0.25, 0.3) is 0 Å². The lowest BCUT2D eigenvalue weighted by atomic mass is 10.0. The highest BCUT2D eigenvalue weighted by Gasteiger charge is 2.29. The molecule has 1 aliphatic carbocycles. The Kier molecular flexibility index (Phi) is 5.62. The molecule has 1 atom stereocenters. The van der Waals surface area contributed by atoms with E-state index in [2.05, 4.69) is 25.2 Å². The van der Waals surface area contributed by atoms with E-state index < -0.39 is 6.04 Å². The van der Waals surface area contributed by atoms with E-state index in [4.69, 9.17) is 9.47 Å². The van der Waals surface area contributed by atoms with Crippen LogP contribution in [0, 0.1) is 0 Å². The van der Waals surface area contributed by atoms with Crippen LogP contribution < -0.4 is 10.1 Å². The first-order valence-corrected chi connectivity index (χ1v) is 7.76. The summed E-state index contributed by atoms with van der Waals surface area (Å²) in [5, 5.41) is 3.29. The van der Waals surface area contributed by atoms with Gasteiger partial charge < -0.3 is 9.47 Å². The monoisotopic (exact) mass is 291 g/mol. The van der Waals surface area contributed by atoms with Crippen molar-refractivity contribution < 1.29 is 14.3 Å². The smallest absolute Gasteiger partial charge is 0.326 e. The second-order valence-electron chi connectivity index (χ2n) is 5.75. The maximum atomic E-state index is 12.0. The van der Waals surface area contributed by atoms with Gasteiger partial charge in [-0.3, -0.25) is 10.1 Å². The molecule has 1 fully saturated rings. The van der Waals surface area contributed by atoms with Crippen LogP contribution in [-0.4, -0.2) is 31.3 Å². The average Bonchev–Trinajstić information content (AvgIpc) is 3.27. The molecule has 0 aromatic heterocycles. The van der Waals surface area contributed by atoms with E-state index in [-0.39, 0.29) is 5.97 Å². The summed E-state index contributed by atoms with van der Waals surface area (Å²) in [5.41, 5.74) is 1.16. The number of hydrogen-bond acceptors (Lipinski definition) is 4. The first kappa shape index (κ1) is 15.8. The third-order valence-electron chi connectivity index (χ3n) is 3.53. The lowest BCUT2D eigenvalue weighted by Gasteiger charge is -2.19. The Balaban J connectivity index is 1.98. The predicted molar refractivity (Wildman–Crippen MR) is 82.6 cm³/mol. The van der Waals surface area contributed by atoms with Crippen LogP contribution in [0.1, 0.15) is 45.1 Å². The summed E-state index contributed by atoms with van der Waals surface area (Å²) in [5.74, 6) is 1.00. The van der Waals surface area contributed by atoms with Crippen LogP contribution in [0.2, 0.25) is 0 Å². The molecule has 1 saturated carbocycles. The molecule has 116 valence electrons. The van der Waals surface area contributed by atoms with Gasteiger partial charge in [0, 0.05) is 6.04 Å². The number of esters is 1. The van der Waals surface area contributed by atoms with Crippen molar-refractivity contribution in [1.82, 2.24) is 5.32 Å². The summed E-state index contributed by atoms with van der Waals surface area (Å²) in [4.78, 5) is 12.0. The fourth-order valence-corrected chi connectivity index (χ4v) is 2.22. The zero-order valence-electron chi connectivity index (χ0n) is 13.1. The van der Waals surface area contributed by atoms with Gasteiger partial charge in [0.15, 0.2) is 0 Å². The molecule has 2 rings (SSSR count). The summed E-state index contributed by atoms with van der Waals surface area (Å²) in [6.07, 6.45) is 2.25. The maximum absolute atomic E-state index is 12.0. The van der Waals surface area contributed by atoms with Gasteiger partial charge in [0.05, 0.1) is 6.61 Å². The molecule has 21 heavy (non-hydrogen) atoms. The number of ether oxygens (including phenoxy) is 2. The minimum absolute atomic E-state index is 0.230. The third kappa shape index (κ3) is 4.74. The van der Waals surface area contributed by atoms with E-state index in [1.165, 1.54) is 0 Å². The second-order valence-corrected chi connectivity index (χ2v) is 5.75. The molecule has 0 spiro atoms. The number of para-hydroxylation sites is 1. The van der Waals surface area contributed by atoms with E-state index in [9.17, 15) is 4.79 Å². The molecular formula is C17H25NO3. The third-order valence-corrected chi connectivity index (χ3v) is 3.53. The highest BCUT2D eigenvalue weighted by atomic mass is 16.5. The average molecular weight is 291 g/mol. The Labute approximate surface area is 126 Å². The van der Waals surface area contributed by atoms with E-state index in [0.717, 1.165) is 24.2 Å². The Bertz CT molecular complexity index is 469. The number of benzene rings is 1. The normalized spacial score (nSPS) is 15.8. The van der Waals surface area contributed by atoms with Crippen LogP contribution in [0.4, 0.5) is 0 Å².